The number of aromatic hydroxyl groups is 1. The molecule has 0 aliphatic carbocycles. The highest BCUT2D eigenvalue weighted by molar-refractivity contribution is 5.95. The normalized spacial score (nSPS) is 20.2. The fourth-order valence-corrected chi connectivity index (χ4v) is 2.28. The van der Waals surface area contributed by atoms with Crippen LogP contribution in [-0.4, -0.2) is 40.2 Å². The third-order valence-corrected chi connectivity index (χ3v) is 3.56. The molecule has 2 unspecified atom stereocenters. The number of phenols is 1. The van der Waals surface area contributed by atoms with Crippen LogP contribution in [0.4, 0.5) is 13.2 Å². The fourth-order valence-electron chi connectivity index (χ4n) is 2.28. The van der Waals surface area contributed by atoms with Gasteiger partial charge in [-0.25, -0.2) is 8.78 Å². The van der Waals surface area contributed by atoms with Gasteiger partial charge in [0.05, 0.1) is 11.7 Å². The lowest BCUT2D eigenvalue weighted by Gasteiger charge is -2.18. The molecular weight excluding hydrogens is 275 g/mol. The van der Waals surface area contributed by atoms with Gasteiger partial charge in [-0.05, 0) is 19.4 Å². The molecule has 1 heterocycles. The summed E-state index contributed by atoms with van der Waals surface area (Å²) in [6.45, 7) is 2.08. The molecule has 0 bridgehead atoms. The summed E-state index contributed by atoms with van der Waals surface area (Å²) in [7, 11) is 0. The molecule has 110 valence electrons. The van der Waals surface area contributed by atoms with Crippen LogP contribution in [0.5, 0.6) is 5.75 Å². The summed E-state index contributed by atoms with van der Waals surface area (Å²) < 4.78 is 39.8. The maximum atomic E-state index is 13.6. The molecule has 20 heavy (non-hydrogen) atoms. The van der Waals surface area contributed by atoms with Gasteiger partial charge < -0.3 is 15.1 Å². The van der Waals surface area contributed by atoms with Gasteiger partial charge in [0, 0.05) is 19.0 Å². The summed E-state index contributed by atoms with van der Waals surface area (Å²) in [5.41, 5.74) is -0.715. The van der Waals surface area contributed by atoms with E-state index in [-0.39, 0.29) is 19.0 Å². The molecule has 2 N–H and O–H groups in total. The Labute approximate surface area is 113 Å². The quantitative estimate of drug-likeness (QED) is 0.814. The standard InChI is InChI=1S/C13H14F3NO3/c1-6(18)7-2-3-17(5-7)13(20)8-4-9(14)11(16)12(19)10(8)15/h4,6-7,18-19H,2-3,5H2,1H3. The summed E-state index contributed by atoms with van der Waals surface area (Å²) in [6, 6.07) is 0.433. The maximum Gasteiger partial charge on any atom is 0.257 e. The van der Waals surface area contributed by atoms with Crippen LogP contribution in [0.2, 0.25) is 0 Å². The highest BCUT2D eigenvalue weighted by Crippen LogP contribution is 2.28. The van der Waals surface area contributed by atoms with Crippen molar-refractivity contribution >= 4 is 5.91 Å². The van der Waals surface area contributed by atoms with Gasteiger partial charge in [0.15, 0.2) is 17.4 Å². The number of nitrogens with zero attached hydrogens (tertiary/aromatic N) is 1. The van der Waals surface area contributed by atoms with Gasteiger partial charge >= 0.3 is 0 Å². The molecule has 1 saturated heterocycles. The van der Waals surface area contributed by atoms with Crippen LogP contribution < -0.4 is 0 Å². The number of hydrogen-bond donors (Lipinski definition) is 2. The summed E-state index contributed by atoms with van der Waals surface area (Å²) in [5.74, 6) is -7.16. The van der Waals surface area contributed by atoms with Crippen LogP contribution in [0.3, 0.4) is 0 Å². The highest BCUT2D eigenvalue weighted by Gasteiger charge is 2.32. The van der Waals surface area contributed by atoms with Crippen LogP contribution in [0.25, 0.3) is 0 Å². The van der Waals surface area contributed by atoms with Crippen molar-refractivity contribution < 1.29 is 28.2 Å². The topological polar surface area (TPSA) is 60.8 Å². The number of likely N-dealkylation sites (tertiary alicyclic amines) is 1. The lowest BCUT2D eigenvalue weighted by atomic mass is 10.0. The zero-order valence-electron chi connectivity index (χ0n) is 10.7. The molecule has 1 aliphatic rings. The van der Waals surface area contributed by atoms with Crippen molar-refractivity contribution in [1.82, 2.24) is 4.90 Å². The Hall–Kier alpha value is -1.76. The van der Waals surface area contributed by atoms with Crippen LogP contribution >= 0.6 is 0 Å². The predicted molar refractivity (Wildman–Crippen MR) is 63.7 cm³/mol. The Morgan fingerprint density at radius 1 is 1.40 bits per heavy atom. The Balaban J connectivity index is 2.27. The number of rotatable bonds is 2. The fraction of sp³-hybridized carbons (Fsp3) is 0.462. The lowest BCUT2D eigenvalue weighted by molar-refractivity contribution is 0.0756. The third-order valence-electron chi connectivity index (χ3n) is 3.56. The molecular formula is C13H14F3NO3. The highest BCUT2D eigenvalue weighted by atomic mass is 19.2. The van der Waals surface area contributed by atoms with Crippen molar-refractivity contribution in [2.24, 2.45) is 5.92 Å². The minimum Gasteiger partial charge on any atom is -0.503 e. The van der Waals surface area contributed by atoms with Gasteiger partial charge in [0.1, 0.15) is 0 Å². The van der Waals surface area contributed by atoms with E-state index in [2.05, 4.69) is 0 Å². The molecule has 2 atom stereocenters. The van der Waals surface area contributed by atoms with Crippen molar-refractivity contribution in [3.8, 4) is 5.75 Å². The zero-order valence-corrected chi connectivity index (χ0v) is 10.7. The number of amides is 1. The first-order valence-electron chi connectivity index (χ1n) is 6.16. The van der Waals surface area contributed by atoms with E-state index in [0.717, 1.165) is 0 Å². The predicted octanol–water partition coefficient (Wildman–Crippen LogP) is 1.65. The largest absolute Gasteiger partial charge is 0.503 e. The monoisotopic (exact) mass is 289 g/mol. The SMILES string of the molecule is CC(O)C1CCN(C(=O)c2cc(F)c(F)c(O)c2F)C1. The molecule has 4 nitrogen and oxygen atoms in total. The summed E-state index contributed by atoms with van der Waals surface area (Å²) in [5, 5.41) is 18.5. The third kappa shape index (κ3) is 2.45. The number of carbonyl (C=O) groups is 1. The summed E-state index contributed by atoms with van der Waals surface area (Å²) >= 11 is 0. The first kappa shape index (κ1) is 14.6. The number of halogens is 3. The molecule has 0 aromatic heterocycles. The Morgan fingerprint density at radius 2 is 2.05 bits per heavy atom. The van der Waals surface area contributed by atoms with Gasteiger partial charge in [0.2, 0.25) is 5.82 Å². The van der Waals surface area contributed by atoms with E-state index in [9.17, 15) is 23.1 Å². The van der Waals surface area contributed by atoms with E-state index < -0.39 is 40.8 Å². The second-order valence-electron chi connectivity index (χ2n) is 4.92. The van der Waals surface area contributed by atoms with Crippen LogP contribution in [0, 0.1) is 23.4 Å². The van der Waals surface area contributed by atoms with E-state index in [0.29, 0.717) is 12.5 Å². The molecule has 1 amide bonds. The Kier molecular flexibility index (Phi) is 3.89. The Bertz CT molecular complexity index is 548. The zero-order chi connectivity index (χ0) is 15.0. The first-order valence-corrected chi connectivity index (χ1v) is 6.16. The molecule has 0 spiro atoms. The summed E-state index contributed by atoms with van der Waals surface area (Å²) in [4.78, 5) is 13.3. The average molecular weight is 289 g/mol. The second kappa shape index (κ2) is 5.32. The lowest BCUT2D eigenvalue weighted by Crippen LogP contribution is -2.31. The molecule has 2 rings (SSSR count). The number of aliphatic hydroxyl groups is 1. The van der Waals surface area contributed by atoms with Crippen molar-refractivity contribution in [2.45, 2.75) is 19.4 Å². The smallest absolute Gasteiger partial charge is 0.257 e. The van der Waals surface area contributed by atoms with Crippen molar-refractivity contribution in [2.75, 3.05) is 13.1 Å². The molecule has 7 heteroatoms. The van der Waals surface area contributed by atoms with Gasteiger partial charge in [-0.1, -0.05) is 0 Å². The number of phenolic OH excluding ortho intramolecular Hbond substituents is 1. The van der Waals surface area contributed by atoms with Gasteiger partial charge in [-0.15, -0.1) is 0 Å². The van der Waals surface area contributed by atoms with E-state index in [4.69, 9.17) is 5.11 Å². The van der Waals surface area contributed by atoms with Crippen LogP contribution in [0.1, 0.15) is 23.7 Å². The number of hydrogen-bond acceptors (Lipinski definition) is 3. The number of benzene rings is 1. The molecule has 0 saturated carbocycles. The van der Waals surface area contributed by atoms with E-state index in [1.54, 1.807) is 6.92 Å². The van der Waals surface area contributed by atoms with E-state index in [1.807, 2.05) is 0 Å². The maximum absolute atomic E-state index is 13.6. The van der Waals surface area contributed by atoms with Crippen molar-refractivity contribution in [3.05, 3.63) is 29.1 Å². The number of carbonyl (C=O) groups excluding carboxylic acids is 1. The summed E-state index contributed by atoms with van der Waals surface area (Å²) in [6.07, 6.45) is -0.0725. The van der Waals surface area contributed by atoms with Gasteiger partial charge in [-0.2, -0.15) is 4.39 Å². The average Bonchev–Trinajstić information content (AvgIpc) is 2.89. The minimum absolute atomic E-state index is 0.138. The van der Waals surface area contributed by atoms with E-state index in [1.165, 1.54) is 4.90 Å². The number of aliphatic hydroxyl groups excluding tert-OH is 1. The second-order valence-corrected chi connectivity index (χ2v) is 4.92. The first-order chi connectivity index (χ1) is 9.32. The van der Waals surface area contributed by atoms with Crippen molar-refractivity contribution in [1.29, 1.82) is 0 Å². The van der Waals surface area contributed by atoms with Crippen molar-refractivity contribution in [3.63, 3.8) is 0 Å². The van der Waals surface area contributed by atoms with Crippen LogP contribution in [0.15, 0.2) is 6.07 Å². The van der Waals surface area contributed by atoms with E-state index >= 15 is 0 Å². The molecule has 0 radical (unpaired) electrons. The molecule has 1 aromatic rings. The van der Waals surface area contributed by atoms with Gasteiger partial charge in [-0.3, -0.25) is 4.79 Å². The molecule has 1 aromatic carbocycles. The van der Waals surface area contributed by atoms with Crippen LogP contribution in [-0.2, 0) is 0 Å². The minimum atomic E-state index is -1.72. The molecule has 1 aliphatic heterocycles. The Morgan fingerprint density at radius 3 is 2.60 bits per heavy atom. The molecule has 1 fully saturated rings. The van der Waals surface area contributed by atoms with Gasteiger partial charge in [0.25, 0.3) is 5.91 Å².